The summed E-state index contributed by atoms with van der Waals surface area (Å²) in [4.78, 5) is 25.3. The van der Waals surface area contributed by atoms with Gasteiger partial charge in [0.1, 0.15) is 0 Å². The van der Waals surface area contributed by atoms with Gasteiger partial charge >= 0.3 is 12.0 Å². The van der Waals surface area contributed by atoms with Crippen LogP contribution in [0.15, 0.2) is 0 Å². The molecule has 2 amide bonds. The third-order valence-electron chi connectivity index (χ3n) is 4.93. The lowest BCUT2D eigenvalue weighted by Crippen LogP contribution is -2.46. The van der Waals surface area contributed by atoms with Crippen LogP contribution in [-0.2, 0) is 4.79 Å². The molecule has 1 saturated heterocycles. The average Bonchev–Trinajstić information content (AvgIpc) is 2.70. The molecular formula is C16H30N2O3. The molecule has 122 valence electrons. The van der Waals surface area contributed by atoms with Gasteiger partial charge in [-0.25, -0.2) is 4.79 Å². The summed E-state index contributed by atoms with van der Waals surface area (Å²) in [5, 5.41) is 12.0. The first-order chi connectivity index (χ1) is 9.80. The number of nitrogens with one attached hydrogen (secondary N) is 1. The summed E-state index contributed by atoms with van der Waals surface area (Å²) in [5.74, 6) is 0.479. The number of urea groups is 1. The van der Waals surface area contributed by atoms with E-state index in [9.17, 15) is 14.7 Å². The Balaban J connectivity index is 2.50. The number of nitrogens with zero attached hydrogens (tertiary/aromatic N) is 1. The Bertz CT molecular complexity index is 371. The van der Waals surface area contributed by atoms with Crippen molar-refractivity contribution in [3.63, 3.8) is 0 Å². The number of rotatable bonds is 5. The highest BCUT2D eigenvalue weighted by atomic mass is 16.4. The van der Waals surface area contributed by atoms with E-state index in [0.29, 0.717) is 18.3 Å². The number of hydrogen-bond acceptors (Lipinski definition) is 2. The molecule has 21 heavy (non-hydrogen) atoms. The average molecular weight is 298 g/mol. The SMILES string of the molecule is CCC(C)(CNC(=O)N1CCCC(C(C)C)CC1)C(=O)O. The van der Waals surface area contributed by atoms with E-state index < -0.39 is 11.4 Å². The molecule has 1 heterocycles. The van der Waals surface area contributed by atoms with Gasteiger partial charge in [0.15, 0.2) is 0 Å². The van der Waals surface area contributed by atoms with Crippen LogP contribution in [0.2, 0.25) is 0 Å². The molecule has 0 radical (unpaired) electrons. The van der Waals surface area contributed by atoms with E-state index in [2.05, 4.69) is 19.2 Å². The first-order valence-corrected chi connectivity index (χ1v) is 8.06. The van der Waals surface area contributed by atoms with E-state index >= 15 is 0 Å². The second-order valence-corrected chi connectivity index (χ2v) is 6.80. The Morgan fingerprint density at radius 1 is 1.33 bits per heavy atom. The van der Waals surface area contributed by atoms with Crippen molar-refractivity contribution in [1.82, 2.24) is 10.2 Å². The summed E-state index contributed by atoms with van der Waals surface area (Å²) >= 11 is 0. The molecule has 0 spiro atoms. The number of carbonyl (C=O) groups is 2. The Kier molecular flexibility index (Phi) is 6.49. The number of carboxylic acid groups (broad SMARTS) is 1. The molecule has 0 bridgehead atoms. The van der Waals surface area contributed by atoms with Gasteiger partial charge < -0.3 is 15.3 Å². The summed E-state index contributed by atoms with van der Waals surface area (Å²) < 4.78 is 0. The van der Waals surface area contributed by atoms with Crippen molar-refractivity contribution in [3.8, 4) is 0 Å². The summed E-state index contributed by atoms with van der Waals surface area (Å²) in [7, 11) is 0. The van der Waals surface area contributed by atoms with Crippen LogP contribution in [-0.4, -0.2) is 41.6 Å². The van der Waals surface area contributed by atoms with Crippen LogP contribution >= 0.6 is 0 Å². The molecule has 0 aromatic heterocycles. The molecule has 0 saturated carbocycles. The highest BCUT2D eigenvalue weighted by Crippen LogP contribution is 2.25. The lowest BCUT2D eigenvalue weighted by atomic mass is 9.88. The molecule has 1 aliphatic heterocycles. The van der Waals surface area contributed by atoms with E-state index in [1.54, 1.807) is 6.92 Å². The van der Waals surface area contributed by atoms with Gasteiger partial charge in [0.2, 0.25) is 0 Å². The number of amides is 2. The fourth-order valence-electron chi connectivity index (χ4n) is 2.73. The number of aliphatic carboxylic acids is 1. The maximum absolute atomic E-state index is 12.2. The zero-order chi connectivity index (χ0) is 16.0. The van der Waals surface area contributed by atoms with Gasteiger partial charge in [-0.1, -0.05) is 20.8 Å². The monoisotopic (exact) mass is 298 g/mol. The molecule has 1 fully saturated rings. The Morgan fingerprint density at radius 2 is 2.00 bits per heavy atom. The van der Waals surface area contributed by atoms with Gasteiger partial charge in [-0.2, -0.15) is 0 Å². The van der Waals surface area contributed by atoms with Crippen molar-refractivity contribution in [3.05, 3.63) is 0 Å². The lowest BCUT2D eigenvalue weighted by molar-refractivity contribution is -0.147. The van der Waals surface area contributed by atoms with Gasteiger partial charge in [0.25, 0.3) is 0 Å². The quantitative estimate of drug-likeness (QED) is 0.820. The minimum absolute atomic E-state index is 0.125. The topological polar surface area (TPSA) is 69.6 Å². The maximum atomic E-state index is 12.2. The normalized spacial score (nSPS) is 22.5. The van der Waals surface area contributed by atoms with Crippen molar-refractivity contribution in [1.29, 1.82) is 0 Å². The van der Waals surface area contributed by atoms with Crippen LogP contribution < -0.4 is 5.32 Å². The van der Waals surface area contributed by atoms with Crippen molar-refractivity contribution in [2.45, 2.75) is 53.4 Å². The first kappa shape index (κ1) is 17.8. The molecule has 5 nitrogen and oxygen atoms in total. The van der Waals surface area contributed by atoms with Crippen molar-refractivity contribution in [2.75, 3.05) is 19.6 Å². The highest BCUT2D eigenvalue weighted by molar-refractivity contribution is 5.77. The van der Waals surface area contributed by atoms with Crippen LogP contribution in [0.3, 0.4) is 0 Å². The number of carbonyl (C=O) groups excluding carboxylic acids is 1. The molecule has 0 aromatic carbocycles. The minimum Gasteiger partial charge on any atom is -0.481 e. The Morgan fingerprint density at radius 3 is 2.52 bits per heavy atom. The van der Waals surface area contributed by atoms with Gasteiger partial charge in [-0.15, -0.1) is 0 Å². The van der Waals surface area contributed by atoms with E-state index in [0.717, 1.165) is 25.9 Å². The standard InChI is InChI=1S/C16H30N2O3/c1-5-16(4,14(19)20)11-17-15(21)18-9-6-7-13(8-10-18)12(2)3/h12-13H,5-11H2,1-4H3,(H,17,21)(H,19,20). The van der Waals surface area contributed by atoms with E-state index in [1.165, 1.54) is 6.42 Å². The van der Waals surface area contributed by atoms with Crippen molar-refractivity contribution in [2.24, 2.45) is 17.3 Å². The molecule has 2 atom stereocenters. The van der Waals surface area contributed by atoms with Crippen LogP contribution in [0.25, 0.3) is 0 Å². The third kappa shape index (κ3) is 4.90. The van der Waals surface area contributed by atoms with Gasteiger partial charge in [0.05, 0.1) is 5.41 Å². The van der Waals surface area contributed by atoms with Gasteiger partial charge in [-0.3, -0.25) is 4.79 Å². The molecule has 1 rings (SSSR count). The van der Waals surface area contributed by atoms with E-state index in [1.807, 2.05) is 11.8 Å². The van der Waals surface area contributed by atoms with Crippen molar-refractivity contribution < 1.29 is 14.7 Å². The predicted molar refractivity (Wildman–Crippen MR) is 83.2 cm³/mol. The number of carboxylic acids is 1. The van der Waals surface area contributed by atoms with E-state index in [4.69, 9.17) is 0 Å². The molecule has 0 aromatic rings. The molecular weight excluding hydrogens is 268 g/mol. The largest absolute Gasteiger partial charge is 0.481 e. The predicted octanol–water partition coefficient (Wildman–Crippen LogP) is 2.96. The Labute approximate surface area is 128 Å². The number of hydrogen-bond donors (Lipinski definition) is 2. The second kappa shape index (κ2) is 7.66. The van der Waals surface area contributed by atoms with Crippen LogP contribution in [0, 0.1) is 17.3 Å². The highest BCUT2D eigenvalue weighted by Gasteiger charge is 2.32. The van der Waals surface area contributed by atoms with E-state index in [-0.39, 0.29) is 12.6 Å². The summed E-state index contributed by atoms with van der Waals surface area (Å²) in [6, 6.07) is -0.125. The molecule has 5 heteroatoms. The second-order valence-electron chi connectivity index (χ2n) is 6.80. The molecule has 0 aliphatic carbocycles. The van der Waals surface area contributed by atoms with Crippen LogP contribution in [0.4, 0.5) is 4.79 Å². The Hall–Kier alpha value is -1.26. The van der Waals surface area contributed by atoms with Crippen LogP contribution in [0.1, 0.15) is 53.4 Å². The smallest absolute Gasteiger partial charge is 0.317 e. The summed E-state index contributed by atoms with van der Waals surface area (Å²) in [6.45, 7) is 9.70. The zero-order valence-corrected chi connectivity index (χ0v) is 13.8. The van der Waals surface area contributed by atoms with Gasteiger partial charge in [0, 0.05) is 19.6 Å². The van der Waals surface area contributed by atoms with Gasteiger partial charge in [-0.05, 0) is 44.4 Å². The zero-order valence-electron chi connectivity index (χ0n) is 13.8. The molecule has 2 unspecified atom stereocenters. The minimum atomic E-state index is -0.887. The molecule has 2 N–H and O–H groups in total. The van der Waals surface area contributed by atoms with Crippen molar-refractivity contribution >= 4 is 12.0 Å². The molecule has 1 aliphatic rings. The van der Waals surface area contributed by atoms with Crippen LogP contribution in [0.5, 0.6) is 0 Å². The summed E-state index contributed by atoms with van der Waals surface area (Å²) in [5.41, 5.74) is -0.887. The summed E-state index contributed by atoms with van der Waals surface area (Å²) in [6.07, 6.45) is 3.73. The number of likely N-dealkylation sites (tertiary alicyclic amines) is 1. The fraction of sp³-hybridized carbons (Fsp3) is 0.875. The maximum Gasteiger partial charge on any atom is 0.317 e. The fourth-order valence-corrected chi connectivity index (χ4v) is 2.73. The lowest BCUT2D eigenvalue weighted by Gasteiger charge is -2.27. The third-order valence-corrected chi connectivity index (χ3v) is 4.93. The first-order valence-electron chi connectivity index (χ1n) is 8.06.